The Labute approximate surface area is 123 Å². The molecule has 0 aliphatic rings. The van der Waals surface area contributed by atoms with Crippen molar-refractivity contribution >= 4 is 13.6 Å². The first-order valence-electron chi connectivity index (χ1n) is 7.95. The Morgan fingerprint density at radius 3 is 1.89 bits per heavy atom. The van der Waals surface area contributed by atoms with Crippen molar-refractivity contribution in [3.63, 3.8) is 0 Å². The number of hydrogen-bond donors (Lipinski definition) is 0. The van der Waals surface area contributed by atoms with Crippen LogP contribution in [0.2, 0.25) is 15.3 Å². The Hall–Kier alpha value is 0.0429. The second-order valence-corrected chi connectivity index (χ2v) is 14.4. The Morgan fingerprint density at radius 1 is 0.947 bits per heavy atom. The van der Waals surface area contributed by atoms with Crippen molar-refractivity contribution < 1.29 is 8.50 Å². The molecule has 0 spiro atoms. The van der Waals surface area contributed by atoms with E-state index in [0.717, 1.165) is 0 Å². The van der Waals surface area contributed by atoms with E-state index in [9.17, 15) is 0 Å². The molecule has 0 aromatic rings. The van der Waals surface area contributed by atoms with Crippen molar-refractivity contribution in [1.29, 1.82) is 0 Å². The molecule has 0 aromatic carbocycles. The van der Waals surface area contributed by atoms with Crippen LogP contribution in [0, 0.1) is 0 Å². The van der Waals surface area contributed by atoms with Gasteiger partial charge in [0.05, 0.1) is 0 Å². The summed E-state index contributed by atoms with van der Waals surface area (Å²) in [6, 6.07) is 0. The molecule has 0 fully saturated rings. The molecule has 0 aliphatic carbocycles. The summed E-state index contributed by atoms with van der Waals surface area (Å²) in [5.74, 6) is 0. The van der Waals surface area contributed by atoms with Crippen molar-refractivity contribution in [1.82, 2.24) is 0 Å². The SMILES string of the molecule is CCC[CH2][Ge]([CH2]CCC)([O]C)[CH](/C=C\OC)CCC. The van der Waals surface area contributed by atoms with Gasteiger partial charge in [-0.25, -0.2) is 0 Å². The van der Waals surface area contributed by atoms with Crippen LogP contribution in [0.3, 0.4) is 0 Å². The molecule has 0 heterocycles. The number of rotatable bonds is 12. The van der Waals surface area contributed by atoms with E-state index in [1.54, 1.807) is 7.11 Å². The third-order valence-electron chi connectivity index (χ3n) is 4.04. The number of methoxy groups -OCH3 is 1. The molecule has 0 amide bonds. The van der Waals surface area contributed by atoms with Gasteiger partial charge < -0.3 is 0 Å². The van der Waals surface area contributed by atoms with Crippen LogP contribution < -0.4 is 0 Å². The van der Waals surface area contributed by atoms with Gasteiger partial charge >= 0.3 is 123 Å². The summed E-state index contributed by atoms with van der Waals surface area (Å²) in [5.41, 5.74) is 0. The van der Waals surface area contributed by atoms with E-state index in [0.29, 0.717) is 4.75 Å². The minimum atomic E-state index is -2.25. The normalized spacial score (nSPS) is 13.9. The third-order valence-corrected chi connectivity index (χ3v) is 14.6. The fourth-order valence-corrected chi connectivity index (χ4v) is 13.0. The van der Waals surface area contributed by atoms with Gasteiger partial charge in [-0.15, -0.1) is 0 Å². The molecule has 1 atom stereocenters. The summed E-state index contributed by atoms with van der Waals surface area (Å²) in [5, 5.41) is 2.68. The average Bonchev–Trinajstić information content (AvgIpc) is 2.44. The van der Waals surface area contributed by atoms with Gasteiger partial charge in [0.15, 0.2) is 0 Å². The summed E-state index contributed by atoms with van der Waals surface area (Å²) in [4.78, 5) is 0. The number of ether oxygens (including phenoxy) is 1. The van der Waals surface area contributed by atoms with E-state index in [1.807, 2.05) is 13.4 Å². The molecule has 114 valence electrons. The van der Waals surface area contributed by atoms with Gasteiger partial charge in [0, 0.05) is 0 Å². The third kappa shape index (κ3) is 6.85. The Morgan fingerprint density at radius 2 is 1.53 bits per heavy atom. The molecule has 0 radical (unpaired) electrons. The predicted molar refractivity (Wildman–Crippen MR) is 87.0 cm³/mol. The van der Waals surface area contributed by atoms with Crippen molar-refractivity contribution in [3.05, 3.63) is 12.3 Å². The number of hydrogen-bond acceptors (Lipinski definition) is 2. The Balaban J connectivity index is 5.01. The molecule has 0 aromatic heterocycles. The quantitative estimate of drug-likeness (QED) is 0.347. The van der Waals surface area contributed by atoms with Crippen LogP contribution in [0.15, 0.2) is 12.3 Å². The van der Waals surface area contributed by atoms with E-state index in [-0.39, 0.29) is 0 Å². The van der Waals surface area contributed by atoms with Crippen molar-refractivity contribution in [2.45, 2.75) is 74.6 Å². The Bertz CT molecular complexity index is 221. The van der Waals surface area contributed by atoms with Gasteiger partial charge in [-0.1, -0.05) is 0 Å². The molecule has 19 heavy (non-hydrogen) atoms. The van der Waals surface area contributed by atoms with Crippen molar-refractivity contribution in [2.24, 2.45) is 0 Å². The summed E-state index contributed by atoms with van der Waals surface area (Å²) in [7, 11) is 3.70. The first-order chi connectivity index (χ1) is 9.20. The van der Waals surface area contributed by atoms with Gasteiger partial charge in [0.1, 0.15) is 0 Å². The first kappa shape index (κ1) is 19.0. The maximum absolute atomic E-state index is 6.23. The number of unbranched alkanes of at least 4 members (excludes halogenated alkanes) is 2. The minimum absolute atomic E-state index is 0.646. The fourth-order valence-electron chi connectivity index (χ4n) is 2.82. The zero-order valence-corrected chi connectivity index (χ0v) is 15.8. The molecule has 0 bridgehead atoms. The topological polar surface area (TPSA) is 18.5 Å². The van der Waals surface area contributed by atoms with Crippen LogP contribution in [0.1, 0.15) is 59.3 Å². The molecule has 0 aliphatic heterocycles. The molecule has 3 heteroatoms. The van der Waals surface area contributed by atoms with Crippen LogP contribution in [-0.4, -0.2) is 27.8 Å². The Kier molecular flexibility index (Phi) is 11.9. The summed E-state index contributed by atoms with van der Waals surface area (Å²) < 4.78 is 12.0. The summed E-state index contributed by atoms with van der Waals surface area (Å²) in [6.07, 6.45) is 11.8. The van der Waals surface area contributed by atoms with Gasteiger partial charge in [-0.3, -0.25) is 0 Å². The van der Waals surface area contributed by atoms with Crippen molar-refractivity contribution in [3.8, 4) is 0 Å². The molecule has 1 unspecified atom stereocenters. The van der Waals surface area contributed by atoms with E-state index in [4.69, 9.17) is 8.50 Å². The standard InChI is InChI=1S/C16H34GeO2/c1-6-9-13-17(19-5,14-10-7-2)16(11-8-3)12-15-18-4/h12,15-16H,6-11,13-14H2,1-5H3/b15-12-. The maximum atomic E-state index is 6.23. The molecule has 0 saturated carbocycles. The zero-order valence-electron chi connectivity index (χ0n) is 13.7. The van der Waals surface area contributed by atoms with Gasteiger partial charge in [0.25, 0.3) is 0 Å². The van der Waals surface area contributed by atoms with Crippen LogP contribution in [-0.2, 0) is 8.50 Å². The predicted octanol–water partition coefficient (Wildman–Crippen LogP) is 5.51. The monoisotopic (exact) mass is 332 g/mol. The number of allylic oxidation sites excluding steroid dienone is 1. The van der Waals surface area contributed by atoms with Gasteiger partial charge in [-0.05, 0) is 0 Å². The van der Waals surface area contributed by atoms with Crippen molar-refractivity contribution in [2.75, 3.05) is 14.2 Å². The van der Waals surface area contributed by atoms with E-state index in [1.165, 1.54) is 49.0 Å². The van der Waals surface area contributed by atoms with Crippen LogP contribution >= 0.6 is 0 Å². The van der Waals surface area contributed by atoms with E-state index >= 15 is 0 Å². The fraction of sp³-hybridized carbons (Fsp3) is 0.875. The zero-order chi connectivity index (χ0) is 14.6. The van der Waals surface area contributed by atoms with Crippen LogP contribution in [0.5, 0.6) is 0 Å². The molecular formula is C16H34GeO2. The van der Waals surface area contributed by atoms with Gasteiger partial charge in [-0.2, -0.15) is 0 Å². The van der Waals surface area contributed by atoms with Gasteiger partial charge in [0.2, 0.25) is 0 Å². The molecular weight excluding hydrogens is 297 g/mol. The average molecular weight is 331 g/mol. The molecule has 2 nitrogen and oxygen atoms in total. The molecule has 0 rings (SSSR count). The summed E-state index contributed by atoms with van der Waals surface area (Å²) in [6.45, 7) is 6.83. The second kappa shape index (κ2) is 11.8. The second-order valence-electron chi connectivity index (χ2n) is 5.44. The summed E-state index contributed by atoms with van der Waals surface area (Å²) >= 11 is -2.25. The van der Waals surface area contributed by atoms with Crippen LogP contribution in [0.25, 0.3) is 0 Å². The molecule has 0 saturated heterocycles. The first-order valence-corrected chi connectivity index (χ1v) is 13.0. The van der Waals surface area contributed by atoms with Crippen LogP contribution in [0.4, 0.5) is 0 Å². The molecule has 0 N–H and O–H groups in total. The van der Waals surface area contributed by atoms with E-state index < -0.39 is 13.6 Å². The van der Waals surface area contributed by atoms with E-state index in [2.05, 4.69) is 26.8 Å².